The first-order valence-corrected chi connectivity index (χ1v) is 6.27. The van der Waals surface area contributed by atoms with Crippen LogP contribution in [0.3, 0.4) is 0 Å². The van der Waals surface area contributed by atoms with Crippen molar-refractivity contribution < 1.29 is 0 Å². The van der Waals surface area contributed by atoms with Crippen LogP contribution in [0.4, 0.5) is 0 Å². The highest BCUT2D eigenvalue weighted by Gasteiger charge is 2.17. The van der Waals surface area contributed by atoms with Gasteiger partial charge in [0.25, 0.3) is 0 Å². The molecule has 0 amide bonds. The molecule has 0 fully saturated rings. The molecule has 0 aromatic heterocycles. The summed E-state index contributed by atoms with van der Waals surface area (Å²) in [5.41, 5.74) is 2.13. The van der Waals surface area contributed by atoms with Crippen LogP contribution in [-0.2, 0) is 6.54 Å². The largest absolute Gasteiger partial charge is 0.312 e. The zero-order chi connectivity index (χ0) is 13.6. The van der Waals surface area contributed by atoms with E-state index in [1.807, 2.05) is 24.3 Å². The third-order valence-corrected chi connectivity index (χ3v) is 2.73. The molecule has 0 saturated heterocycles. The second kappa shape index (κ2) is 6.53. The third-order valence-electron chi connectivity index (χ3n) is 2.73. The van der Waals surface area contributed by atoms with E-state index in [2.05, 4.69) is 44.2 Å². The van der Waals surface area contributed by atoms with Gasteiger partial charge in [0.2, 0.25) is 0 Å². The van der Waals surface area contributed by atoms with Gasteiger partial charge >= 0.3 is 0 Å². The monoisotopic (exact) mass is 245 g/mol. The Morgan fingerprint density at radius 3 is 2.67 bits per heavy atom. The van der Waals surface area contributed by atoms with Crippen LogP contribution in [0.5, 0.6) is 0 Å². The molecule has 0 unspecified atom stereocenters. The summed E-state index contributed by atoms with van der Waals surface area (Å²) in [6.45, 7) is 7.34. The fraction of sp³-hybridized carbons (Fsp3) is 0.533. The Kier molecular flexibility index (Phi) is 5.33. The van der Waals surface area contributed by atoms with Gasteiger partial charge in [0, 0.05) is 19.6 Å². The molecule has 0 saturated carbocycles. The van der Waals surface area contributed by atoms with Gasteiger partial charge in [-0.25, -0.2) is 0 Å². The molecule has 0 aliphatic carbocycles. The lowest BCUT2D eigenvalue weighted by Gasteiger charge is -2.28. The first-order valence-electron chi connectivity index (χ1n) is 6.27. The van der Waals surface area contributed by atoms with E-state index in [9.17, 15) is 0 Å². The fourth-order valence-corrected chi connectivity index (χ4v) is 2.21. The van der Waals surface area contributed by atoms with E-state index in [1.165, 1.54) is 0 Å². The molecule has 3 nitrogen and oxygen atoms in total. The summed E-state index contributed by atoms with van der Waals surface area (Å²) in [5.74, 6) is 0. The SMILES string of the molecule is CN(C)CC(C)(C)CNCc1cccc(C#N)c1. The van der Waals surface area contributed by atoms with Crippen molar-refractivity contribution in [3.63, 3.8) is 0 Å². The first kappa shape index (κ1) is 14.7. The quantitative estimate of drug-likeness (QED) is 0.835. The summed E-state index contributed by atoms with van der Waals surface area (Å²) in [4.78, 5) is 2.21. The molecule has 1 aromatic carbocycles. The molecule has 1 rings (SSSR count). The minimum atomic E-state index is 0.246. The van der Waals surface area contributed by atoms with Gasteiger partial charge in [0.05, 0.1) is 11.6 Å². The molecule has 0 aliphatic rings. The van der Waals surface area contributed by atoms with Crippen molar-refractivity contribution in [2.75, 3.05) is 27.2 Å². The second-order valence-corrected chi connectivity index (χ2v) is 5.82. The highest BCUT2D eigenvalue weighted by molar-refractivity contribution is 5.32. The maximum absolute atomic E-state index is 8.84. The first-order chi connectivity index (χ1) is 8.43. The van der Waals surface area contributed by atoms with Crippen molar-refractivity contribution in [1.29, 1.82) is 5.26 Å². The lowest BCUT2D eigenvalue weighted by molar-refractivity contribution is 0.232. The maximum Gasteiger partial charge on any atom is 0.0991 e. The smallest absolute Gasteiger partial charge is 0.0991 e. The van der Waals surface area contributed by atoms with Gasteiger partial charge in [-0.05, 0) is 37.2 Å². The van der Waals surface area contributed by atoms with Crippen molar-refractivity contribution in [1.82, 2.24) is 10.2 Å². The van der Waals surface area contributed by atoms with Crippen LogP contribution >= 0.6 is 0 Å². The molecule has 0 atom stereocenters. The summed E-state index contributed by atoms with van der Waals surface area (Å²) in [7, 11) is 4.19. The van der Waals surface area contributed by atoms with Gasteiger partial charge < -0.3 is 10.2 Å². The Hall–Kier alpha value is -1.37. The number of hydrogen-bond acceptors (Lipinski definition) is 3. The predicted molar refractivity (Wildman–Crippen MR) is 75.2 cm³/mol. The van der Waals surface area contributed by atoms with E-state index < -0.39 is 0 Å². The van der Waals surface area contributed by atoms with Crippen LogP contribution in [0.25, 0.3) is 0 Å². The zero-order valence-corrected chi connectivity index (χ0v) is 11.8. The van der Waals surface area contributed by atoms with E-state index in [0.29, 0.717) is 0 Å². The predicted octanol–water partition coefficient (Wildman–Crippen LogP) is 2.24. The number of rotatable bonds is 6. The van der Waals surface area contributed by atoms with Gasteiger partial charge in [0.15, 0.2) is 0 Å². The molecular formula is C15H23N3. The summed E-state index contributed by atoms with van der Waals surface area (Å²) < 4.78 is 0. The average molecular weight is 245 g/mol. The number of hydrogen-bond donors (Lipinski definition) is 1. The van der Waals surface area contributed by atoms with Crippen LogP contribution in [0.15, 0.2) is 24.3 Å². The van der Waals surface area contributed by atoms with E-state index in [1.54, 1.807) is 0 Å². The molecule has 3 heteroatoms. The molecule has 0 spiro atoms. The van der Waals surface area contributed by atoms with Crippen molar-refractivity contribution >= 4 is 0 Å². The molecule has 98 valence electrons. The average Bonchev–Trinajstić information content (AvgIpc) is 2.27. The Labute approximate surface area is 110 Å². The minimum Gasteiger partial charge on any atom is -0.312 e. The maximum atomic E-state index is 8.84. The fourth-order valence-electron chi connectivity index (χ4n) is 2.21. The van der Waals surface area contributed by atoms with Crippen molar-refractivity contribution in [2.45, 2.75) is 20.4 Å². The van der Waals surface area contributed by atoms with Crippen molar-refractivity contribution in [3.05, 3.63) is 35.4 Å². The molecule has 0 aliphatic heterocycles. The van der Waals surface area contributed by atoms with Crippen LogP contribution in [0, 0.1) is 16.7 Å². The molecule has 0 radical (unpaired) electrons. The van der Waals surface area contributed by atoms with Gasteiger partial charge in [-0.2, -0.15) is 5.26 Å². The van der Waals surface area contributed by atoms with Gasteiger partial charge in [-0.3, -0.25) is 0 Å². The van der Waals surface area contributed by atoms with E-state index >= 15 is 0 Å². The third kappa shape index (κ3) is 5.31. The standard InChI is InChI=1S/C15H23N3/c1-15(2,12-18(3)4)11-17-10-14-7-5-6-13(8-14)9-16/h5-8,17H,10-12H2,1-4H3. The number of nitrogens with one attached hydrogen (secondary N) is 1. The van der Waals surface area contributed by atoms with Crippen molar-refractivity contribution in [3.8, 4) is 6.07 Å². The lowest BCUT2D eigenvalue weighted by atomic mass is 9.93. The Bertz CT molecular complexity index is 416. The highest BCUT2D eigenvalue weighted by Crippen LogP contribution is 2.14. The highest BCUT2D eigenvalue weighted by atomic mass is 15.1. The second-order valence-electron chi connectivity index (χ2n) is 5.82. The lowest BCUT2D eigenvalue weighted by Crippen LogP contribution is -2.37. The van der Waals surface area contributed by atoms with E-state index in [0.717, 1.165) is 30.8 Å². The summed E-state index contributed by atoms with van der Waals surface area (Å²) >= 11 is 0. The van der Waals surface area contributed by atoms with Gasteiger partial charge in [-0.15, -0.1) is 0 Å². The number of nitriles is 1. The molecule has 1 aromatic rings. The normalized spacial score (nSPS) is 11.6. The van der Waals surface area contributed by atoms with Crippen LogP contribution in [-0.4, -0.2) is 32.1 Å². The number of benzene rings is 1. The molecule has 0 heterocycles. The molecule has 0 bridgehead atoms. The van der Waals surface area contributed by atoms with Crippen LogP contribution in [0.1, 0.15) is 25.0 Å². The van der Waals surface area contributed by atoms with Crippen molar-refractivity contribution in [2.24, 2.45) is 5.41 Å². The zero-order valence-electron chi connectivity index (χ0n) is 11.8. The molecule has 18 heavy (non-hydrogen) atoms. The van der Waals surface area contributed by atoms with E-state index in [4.69, 9.17) is 5.26 Å². The van der Waals surface area contributed by atoms with Gasteiger partial charge in [-0.1, -0.05) is 26.0 Å². The Balaban J connectivity index is 2.44. The summed E-state index contributed by atoms with van der Waals surface area (Å²) in [6, 6.07) is 9.91. The topological polar surface area (TPSA) is 39.1 Å². The summed E-state index contributed by atoms with van der Waals surface area (Å²) in [6.07, 6.45) is 0. The molecular weight excluding hydrogens is 222 g/mol. The van der Waals surface area contributed by atoms with E-state index in [-0.39, 0.29) is 5.41 Å². The van der Waals surface area contributed by atoms with Gasteiger partial charge in [0.1, 0.15) is 0 Å². The Morgan fingerprint density at radius 1 is 1.33 bits per heavy atom. The van der Waals surface area contributed by atoms with Crippen LogP contribution < -0.4 is 5.32 Å². The van der Waals surface area contributed by atoms with Crippen LogP contribution in [0.2, 0.25) is 0 Å². The molecule has 1 N–H and O–H groups in total. The summed E-state index contributed by atoms with van der Waals surface area (Å²) in [5, 5.41) is 12.3. The number of nitrogens with zero attached hydrogens (tertiary/aromatic N) is 2. The Morgan fingerprint density at radius 2 is 2.06 bits per heavy atom. The minimum absolute atomic E-state index is 0.246.